The van der Waals surface area contributed by atoms with Crippen LogP contribution in [0.2, 0.25) is 0 Å². The first kappa shape index (κ1) is 23.5. The van der Waals surface area contributed by atoms with Gasteiger partial charge in [-0.15, -0.1) is 0 Å². The minimum absolute atomic E-state index is 0.126. The third-order valence-corrected chi connectivity index (χ3v) is 6.49. The highest BCUT2D eigenvalue weighted by Crippen LogP contribution is 2.32. The number of aromatic amines is 1. The Bertz CT molecular complexity index is 1150. The molecule has 1 saturated heterocycles. The van der Waals surface area contributed by atoms with Gasteiger partial charge >= 0.3 is 0 Å². The molecule has 1 aromatic heterocycles. The standard InChI is InChI=1S/C25H31N5O4/c1-5-34-16(4)17-9-11-18(12-10-17)26-23(32)19-13-20(31)27-22-21(19)24(33)29-25(28-22)30-14(2)7-6-8-15(30)3/h9-12,14-15,19H,4-8,13H2,1-3H3,(H,26,32)(H2,27,28,29,31,33)/t14-,15-,19-/m1/s1. The van der Waals surface area contributed by atoms with Gasteiger partial charge < -0.3 is 20.3 Å². The summed E-state index contributed by atoms with van der Waals surface area (Å²) in [5, 5.41) is 5.50. The van der Waals surface area contributed by atoms with E-state index in [9.17, 15) is 14.4 Å². The zero-order chi connectivity index (χ0) is 24.4. The highest BCUT2D eigenvalue weighted by atomic mass is 16.5. The van der Waals surface area contributed by atoms with E-state index in [4.69, 9.17) is 4.74 Å². The molecular weight excluding hydrogens is 434 g/mol. The van der Waals surface area contributed by atoms with Crippen LogP contribution in [0.5, 0.6) is 0 Å². The maximum absolute atomic E-state index is 13.1. The number of aromatic nitrogens is 2. The van der Waals surface area contributed by atoms with E-state index in [0.717, 1.165) is 24.8 Å². The Morgan fingerprint density at radius 1 is 1.21 bits per heavy atom. The van der Waals surface area contributed by atoms with Crippen molar-refractivity contribution >= 4 is 35.0 Å². The second-order valence-corrected chi connectivity index (χ2v) is 8.92. The maximum atomic E-state index is 13.1. The Labute approximate surface area is 198 Å². The molecule has 3 N–H and O–H groups in total. The third-order valence-electron chi connectivity index (χ3n) is 6.49. The number of ether oxygens (including phenoxy) is 1. The monoisotopic (exact) mass is 465 g/mol. The lowest BCUT2D eigenvalue weighted by Crippen LogP contribution is -2.46. The van der Waals surface area contributed by atoms with Gasteiger partial charge in [-0.2, -0.15) is 4.98 Å². The van der Waals surface area contributed by atoms with Gasteiger partial charge in [-0.1, -0.05) is 6.58 Å². The van der Waals surface area contributed by atoms with Crippen LogP contribution in [0.15, 0.2) is 35.6 Å². The Kier molecular flexibility index (Phi) is 6.72. The van der Waals surface area contributed by atoms with Gasteiger partial charge in [-0.3, -0.25) is 19.4 Å². The molecule has 2 aliphatic heterocycles. The summed E-state index contributed by atoms with van der Waals surface area (Å²) in [4.78, 5) is 48.2. The molecule has 2 aromatic rings. The van der Waals surface area contributed by atoms with E-state index >= 15 is 0 Å². The van der Waals surface area contributed by atoms with Gasteiger partial charge in [-0.25, -0.2) is 0 Å². The number of hydrogen-bond donors (Lipinski definition) is 3. The van der Waals surface area contributed by atoms with Crippen LogP contribution in [0.3, 0.4) is 0 Å². The van der Waals surface area contributed by atoms with Crippen LogP contribution in [-0.4, -0.2) is 40.5 Å². The van der Waals surface area contributed by atoms with Crippen molar-refractivity contribution in [2.45, 2.75) is 64.5 Å². The molecule has 2 aliphatic rings. The smallest absolute Gasteiger partial charge is 0.258 e. The average molecular weight is 466 g/mol. The lowest BCUT2D eigenvalue weighted by Gasteiger charge is -2.39. The number of fused-ring (bicyclic) bond motifs is 1. The van der Waals surface area contributed by atoms with Crippen LogP contribution in [0.4, 0.5) is 17.5 Å². The van der Waals surface area contributed by atoms with Gasteiger partial charge in [0, 0.05) is 29.8 Å². The number of nitrogens with zero attached hydrogens (tertiary/aromatic N) is 2. The Balaban J connectivity index is 1.59. The summed E-state index contributed by atoms with van der Waals surface area (Å²) in [5.41, 5.74) is 1.12. The first-order valence-electron chi connectivity index (χ1n) is 11.7. The summed E-state index contributed by atoms with van der Waals surface area (Å²) in [7, 11) is 0. The molecule has 180 valence electrons. The van der Waals surface area contributed by atoms with E-state index in [1.54, 1.807) is 24.3 Å². The Morgan fingerprint density at radius 2 is 1.88 bits per heavy atom. The minimum atomic E-state index is -0.941. The van der Waals surface area contributed by atoms with Crippen LogP contribution in [0, 0.1) is 0 Å². The van der Waals surface area contributed by atoms with Crippen molar-refractivity contribution in [1.82, 2.24) is 9.97 Å². The molecule has 2 amide bonds. The number of benzene rings is 1. The topological polar surface area (TPSA) is 116 Å². The third kappa shape index (κ3) is 4.69. The van der Waals surface area contributed by atoms with E-state index in [0.29, 0.717) is 24.0 Å². The van der Waals surface area contributed by atoms with Crippen molar-refractivity contribution in [3.8, 4) is 0 Å². The van der Waals surface area contributed by atoms with E-state index < -0.39 is 17.4 Å². The van der Waals surface area contributed by atoms with Crippen LogP contribution in [-0.2, 0) is 14.3 Å². The molecule has 1 fully saturated rings. The predicted molar refractivity (Wildman–Crippen MR) is 132 cm³/mol. The second-order valence-electron chi connectivity index (χ2n) is 8.92. The summed E-state index contributed by atoms with van der Waals surface area (Å²) in [6.45, 7) is 10.5. The molecule has 9 nitrogen and oxygen atoms in total. The van der Waals surface area contributed by atoms with Crippen LogP contribution in [0.25, 0.3) is 5.76 Å². The molecule has 0 unspecified atom stereocenters. The molecule has 4 rings (SSSR count). The summed E-state index contributed by atoms with van der Waals surface area (Å²) in [5.74, 6) is -0.599. The van der Waals surface area contributed by atoms with Gasteiger partial charge in [0.2, 0.25) is 17.8 Å². The van der Waals surface area contributed by atoms with Gasteiger partial charge in [0.1, 0.15) is 11.6 Å². The average Bonchev–Trinajstić information content (AvgIpc) is 2.78. The molecule has 0 spiro atoms. The maximum Gasteiger partial charge on any atom is 0.258 e. The second kappa shape index (κ2) is 9.70. The molecule has 0 radical (unpaired) electrons. The van der Waals surface area contributed by atoms with Gasteiger partial charge in [0.05, 0.1) is 18.1 Å². The van der Waals surface area contributed by atoms with Crippen LogP contribution >= 0.6 is 0 Å². The van der Waals surface area contributed by atoms with Gasteiger partial charge in [0.15, 0.2) is 0 Å². The summed E-state index contributed by atoms with van der Waals surface area (Å²) < 4.78 is 5.40. The largest absolute Gasteiger partial charge is 0.494 e. The molecular formula is C25H31N5O4. The highest BCUT2D eigenvalue weighted by molar-refractivity contribution is 6.04. The molecule has 0 bridgehead atoms. The van der Waals surface area contributed by atoms with Crippen molar-refractivity contribution in [3.05, 3.63) is 52.3 Å². The fourth-order valence-corrected chi connectivity index (χ4v) is 4.77. The Hall–Kier alpha value is -3.62. The number of carbonyl (C=O) groups is 2. The predicted octanol–water partition coefficient (Wildman–Crippen LogP) is 3.61. The molecule has 9 heteroatoms. The molecule has 3 atom stereocenters. The Morgan fingerprint density at radius 3 is 2.53 bits per heavy atom. The molecule has 0 aliphatic carbocycles. The highest BCUT2D eigenvalue weighted by Gasteiger charge is 2.36. The number of nitrogens with one attached hydrogen (secondary N) is 3. The summed E-state index contributed by atoms with van der Waals surface area (Å²) in [6, 6.07) is 7.46. The lowest BCUT2D eigenvalue weighted by molar-refractivity contribution is -0.123. The number of amides is 2. The SMILES string of the molecule is C=C(OCC)c1ccc(NC(=O)[C@@H]2CC(=O)Nc3nc(N4[C@H](C)CCC[C@H]4C)[nH]c(=O)c32)cc1. The van der Waals surface area contributed by atoms with Crippen LogP contribution in [0.1, 0.15) is 63.5 Å². The molecule has 3 heterocycles. The molecule has 0 saturated carbocycles. The number of H-pyrrole nitrogens is 1. The van der Waals surface area contributed by atoms with Crippen molar-refractivity contribution in [3.63, 3.8) is 0 Å². The van der Waals surface area contributed by atoms with Gasteiger partial charge in [0.25, 0.3) is 5.56 Å². The quantitative estimate of drug-likeness (QED) is 0.561. The van der Waals surface area contributed by atoms with Crippen molar-refractivity contribution in [1.29, 1.82) is 0 Å². The first-order valence-corrected chi connectivity index (χ1v) is 11.7. The zero-order valence-electron chi connectivity index (χ0n) is 19.8. The van der Waals surface area contributed by atoms with E-state index in [1.807, 2.05) is 6.92 Å². The number of rotatable bonds is 6. The number of carbonyl (C=O) groups excluding carboxylic acids is 2. The van der Waals surface area contributed by atoms with E-state index in [2.05, 4.69) is 45.9 Å². The normalized spacial score (nSPS) is 21.9. The summed E-state index contributed by atoms with van der Waals surface area (Å²) >= 11 is 0. The number of anilines is 3. The summed E-state index contributed by atoms with van der Waals surface area (Å²) in [6.07, 6.45) is 2.99. The van der Waals surface area contributed by atoms with Crippen molar-refractivity contribution in [2.24, 2.45) is 0 Å². The van der Waals surface area contributed by atoms with Crippen molar-refractivity contribution in [2.75, 3.05) is 22.1 Å². The lowest BCUT2D eigenvalue weighted by atomic mass is 9.92. The molecule has 34 heavy (non-hydrogen) atoms. The van der Waals surface area contributed by atoms with Crippen molar-refractivity contribution < 1.29 is 14.3 Å². The fourth-order valence-electron chi connectivity index (χ4n) is 4.77. The van der Waals surface area contributed by atoms with Crippen LogP contribution < -0.4 is 21.1 Å². The van der Waals surface area contributed by atoms with Gasteiger partial charge in [-0.05, 0) is 64.3 Å². The first-order chi connectivity index (χ1) is 16.3. The number of hydrogen-bond acceptors (Lipinski definition) is 6. The van der Waals surface area contributed by atoms with E-state index in [-0.39, 0.29) is 35.8 Å². The molecule has 1 aromatic carbocycles. The minimum Gasteiger partial charge on any atom is -0.494 e. The van der Waals surface area contributed by atoms with E-state index in [1.165, 1.54) is 0 Å². The fraction of sp³-hybridized carbons (Fsp3) is 0.440. The number of piperidine rings is 1. The zero-order valence-corrected chi connectivity index (χ0v) is 19.8.